The standard InChI is InChI=1S/C19H20ClF2N5O2S2/c1-23-7-8-27(2)16-6-4-3-5-14(16)25-15-10-13(21)17(9-12(15)20)31(28,29)26-19-24-11-18(22)30-19/h3-6,9-11,23,25H,7-8H2,1-2H3,(H,24,26). The van der Waals surface area contributed by atoms with Gasteiger partial charge in [-0.25, -0.2) is 17.8 Å². The van der Waals surface area contributed by atoms with E-state index in [9.17, 15) is 17.2 Å². The van der Waals surface area contributed by atoms with Gasteiger partial charge in [-0.05, 0) is 25.2 Å². The molecule has 1 aromatic heterocycles. The van der Waals surface area contributed by atoms with Gasteiger partial charge in [0.15, 0.2) is 10.3 Å². The molecule has 0 atom stereocenters. The molecule has 3 N–H and O–H groups in total. The molecule has 0 amide bonds. The van der Waals surface area contributed by atoms with Crippen LogP contribution in [0.4, 0.5) is 31.0 Å². The molecule has 2 aromatic carbocycles. The Balaban J connectivity index is 1.88. The maximum atomic E-state index is 14.7. The number of nitrogens with one attached hydrogen (secondary N) is 3. The maximum Gasteiger partial charge on any atom is 0.266 e. The molecule has 0 bridgehead atoms. The molecule has 0 aliphatic carbocycles. The minimum atomic E-state index is -4.35. The second-order valence-electron chi connectivity index (χ2n) is 6.50. The second kappa shape index (κ2) is 9.77. The van der Waals surface area contributed by atoms with Crippen LogP contribution >= 0.6 is 22.9 Å². The lowest BCUT2D eigenvalue weighted by Crippen LogP contribution is -2.27. The topological polar surface area (TPSA) is 86.4 Å². The Morgan fingerprint density at radius 1 is 1.19 bits per heavy atom. The van der Waals surface area contributed by atoms with Crippen LogP contribution in [0.15, 0.2) is 47.5 Å². The van der Waals surface area contributed by atoms with Gasteiger partial charge in [0, 0.05) is 26.2 Å². The first-order chi connectivity index (χ1) is 14.7. The van der Waals surface area contributed by atoms with Crippen LogP contribution in [0.1, 0.15) is 0 Å². The summed E-state index contributed by atoms with van der Waals surface area (Å²) in [6.07, 6.45) is 0.865. The quantitative estimate of drug-likeness (QED) is 0.418. The fourth-order valence-corrected chi connectivity index (χ4v) is 4.91. The highest BCUT2D eigenvalue weighted by atomic mass is 35.5. The van der Waals surface area contributed by atoms with Crippen molar-refractivity contribution in [2.45, 2.75) is 4.90 Å². The van der Waals surface area contributed by atoms with Crippen LogP contribution in [-0.2, 0) is 10.0 Å². The van der Waals surface area contributed by atoms with E-state index in [0.29, 0.717) is 17.0 Å². The van der Waals surface area contributed by atoms with Crippen molar-refractivity contribution in [3.8, 4) is 0 Å². The summed E-state index contributed by atoms with van der Waals surface area (Å²) >= 11 is 6.75. The summed E-state index contributed by atoms with van der Waals surface area (Å²) in [5.41, 5.74) is 1.74. The molecule has 166 valence electrons. The first kappa shape index (κ1) is 23.2. The fraction of sp³-hybridized carbons (Fsp3) is 0.211. The number of nitrogens with zero attached hydrogens (tertiary/aromatic N) is 2. The summed E-state index contributed by atoms with van der Waals surface area (Å²) in [5.74, 6) is -1.02. The molecule has 0 unspecified atom stereocenters. The van der Waals surface area contributed by atoms with Gasteiger partial charge in [0.25, 0.3) is 10.0 Å². The third-order valence-electron chi connectivity index (χ3n) is 4.29. The van der Waals surface area contributed by atoms with Crippen LogP contribution in [0.2, 0.25) is 5.02 Å². The van der Waals surface area contributed by atoms with E-state index in [1.165, 1.54) is 0 Å². The lowest BCUT2D eigenvalue weighted by molar-refractivity contribution is 0.570. The molecular formula is C19H20ClF2N5O2S2. The number of sulfonamides is 1. The summed E-state index contributed by atoms with van der Waals surface area (Å²) in [6.45, 7) is 1.50. The van der Waals surface area contributed by atoms with Crippen LogP contribution in [0.5, 0.6) is 0 Å². The molecule has 0 radical (unpaired) electrons. The van der Waals surface area contributed by atoms with E-state index in [1.807, 2.05) is 48.0 Å². The van der Waals surface area contributed by atoms with E-state index in [4.69, 9.17) is 11.6 Å². The molecule has 3 aromatic rings. The summed E-state index contributed by atoms with van der Waals surface area (Å²) in [6, 6.07) is 9.41. The third-order valence-corrected chi connectivity index (χ3v) is 6.79. The van der Waals surface area contributed by atoms with E-state index in [2.05, 4.69) is 15.6 Å². The van der Waals surface area contributed by atoms with Crippen molar-refractivity contribution in [3.63, 3.8) is 0 Å². The highest BCUT2D eigenvalue weighted by molar-refractivity contribution is 7.93. The zero-order chi connectivity index (χ0) is 22.6. The Hall–Kier alpha value is -2.47. The monoisotopic (exact) mass is 487 g/mol. The summed E-state index contributed by atoms with van der Waals surface area (Å²) < 4.78 is 54.9. The molecular weight excluding hydrogens is 468 g/mol. The van der Waals surface area contributed by atoms with Crippen molar-refractivity contribution in [3.05, 3.63) is 58.6 Å². The van der Waals surface area contributed by atoms with Crippen molar-refractivity contribution >= 4 is 55.2 Å². The van der Waals surface area contributed by atoms with Crippen LogP contribution in [0.25, 0.3) is 0 Å². The molecule has 0 aliphatic rings. The average molecular weight is 488 g/mol. The van der Waals surface area contributed by atoms with E-state index in [-0.39, 0.29) is 15.8 Å². The molecule has 0 fully saturated rings. The molecule has 0 saturated carbocycles. The Kier molecular flexibility index (Phi) is 7.31. The zero-order valence-corrected chi connectivity index (χ0v) is 19.0. The van der Waals surface area contributed by atoms with Gasteiger partial charge >= 0.3 is 0 Å². The zero-order valence-electron chi connectivity index (χ0n) is 16.6. The SMILES string of the molecule is CNCCN(C)c1ccccc1Nc1cc(F)c(S(=O)(=O)Nc2ncc(F)s2)cc1Cl. The van der Waals surface area contributed by atoms with Crippen LogP contribution < -0.4 is 20.3 Å². The van der Waals surface area contributed by atoms with Gasteiger partial charge in [-0.15, -0.1) is 0 Å². The summed E-state index contributed by atoms with van der Waals surface area (Å²) in [7, 11) is -0.569. The number of halogens is 3. The first-order valence-electron chi connectivity index (χ1n) is 9.06. The van der Waals surface area contributed by atoms with Gasteiger partial charge < -0.3 is 15.5 Å². The van der Waals surface area contributed by atoms with Crippen molar-refractivity contribution in [2.24, 2.45) is 0 Å². The van der Waals surface area contributed by atoms with Crippen LogP contribution in [0.3, 0.4) is 0 Å². The molecule has 0 spiro atoms. The Bertz CT molecular complexity index is 1170. The molecule has 3 rings (SSSR count). The first-order valence-corrected chi connectivity index (χ1v) is 11.7. The number of thiazole rings is 1. The highest BCUT2D eigenvalue weighted by Gasteiger charge is 2.23. The number of para-hydroxylation sites is 2. The Morgan fingerprint density at radius 3 is 2.61 bits per heavy atom. The van der Waals surface area contributed by atoms with Gasteiger partial charge in [0.1, 0.15) is 10.7 Å². The van der Waals surface area contributed by atoms with Crippen molar-refractivity contribution in [2.75, 3.05) is 42.1 Å². The van der Waals surface area contributed by atoms with E-state index in [0.717, 1.165) is 37.1 Å². The Morgan fingerprint density at radius 2 is 1.94 bits per heavy atom. The van der Waals surface area contributed by atoms with Crippen LogP contribution in [0, 0.1) is 10.9 Å². The van der Waals surface area contributed by atoms with Gasteiger partial charge in [-0.2, -0.15) is 4.39 Å². The van der Waals surface area contributed by atoms with Crippen LogP contribution in [-0.4, -0.2) is 40.6 Å². The van der Waals surface area contributed by atoms with Gasteiger partial charge in [0.2, 0.25) is 0 Å². The van der Waals surface area contributed by atoms with Gasteiger partial charge in [-0.3, -0.25) is 4.72 Å². The molecule has 12 heteroatoms. The Labute approximate surface area is 188 Å². The number of aromatic nitrogens is 1. The number of hydrogen-bond acceptors (Lipinski definition) is 7. The number of likely N-dealkylation sites (N-methyl/N-ethyl adjacent to an activating group) is 2. The predicted molar refractivity (Wildman–Crippen MR) is 121 cm³/mol. The number of hydrogen-bond donors (Lipinski definition) is 3. The molecule has 0 aliphatic heterocycles. The fourth-order valence-electron chi connectivity index (χ4n) is 2.76. The average Bonchev–Trinajstić information content (AvgIpc) is 3.12. The molecule has 31 heavy (non-hydrogen) atoms. The largest absolute Gasteiger partial charge is 0.372 e. The van der Waals surface area contributed by atoms with Crippen molar-refractivity contribution in [1.82, 2.24) is 10.3 Å². The van der Waals surface area contributed by atoms with E-state index in [1.54, 1.807) is 0 Å². The smallest absolute Gasteiger partial charge is 0.266 e. The lowest BCUT2D eigenvalue weighted by Gasteiger charge is -2.23. The van der Waals surface area contributed by atoms with Gasteiger partial charge in [-0.1, -0.05) is 35.1 Å². The lowest BCUT2D eigenvalue weighted by atomic mass is 10.2. The van der Waals surface area contributed by atoms with Crippen molar-refractivity contribution in [1.29, 1.82) is 0 Å². The minimum absolute atomic E-state index is 0.000208. The normalized spacial score (nSPS) is 11.4. The maximum absolute atomic E-state index is 14.7. The molecule has 0 saturated heterocycles. The highest BCUT2D eigenvalue weighted by Crippen LogP contribution is 2.34. The summed E-state index contributed by atoms with van der Waals surface area (Å²) in [5, 5.41) is 5.25. The van der Waals surface area contributed by atoms with Crippen molar-refractivity contribution < 1.29 is 17.2 Å². The van der Waals surface area contributed by atoms with E-state index >= 15 is 0 Å². The summed E-state index contributed by atoms with van der Waals surface area (Å²) in [4.78, 5) is 4.92. The predicted octanol–water partition coefficient (Wildman–Crippen LogP) is 4.27. The second-order valence-corrected chi connectivity index (χ2v) is 9.54. The molecule has 1 heterocycles. The van der Waals surface area contributed by atoms with Gasteiger partial charge in [0.05, 0.1) is 28.3 Å². The minimum Gasteiger partial charge on any atom is -0.372 e. The number of benzene rings is 2. The number of anilines is 4. The van der Waals surface area contributed by atoms with E-state index < -0.39 is 25.9 Å². The molecule has 7 nitrogen and oxygen atoms in total. The number of rotatable bonds is 9. The third kappa shape index (κ3) is 5.62.